The maximum Gasteiger partial charge on any atom is 0.173 e. The molecule has 0 aliphatic heterocycles. The number of hydrogen-bond acceptors (Lipinski definition) is 1. The molecule has 1 unspecified atom stereocenters. The average Bonchev–Trinajstić information content (AvgIpc) is 2.01. The van der Waals surface area contributed by atoms with Crippen LogP contribution in [0.15, 0.2) is 24.5 Å². The number of aromatic nitrogens is 1. The van der Waals surface area contributed by atoms with Gasteiger partial charge in [0, 0.05) is 24.2 Å². The predicted octanol–water partition coefficient (Wildman–Crippen LogP) is 1.11. The molecule has 0 saturated heterocycles. The quantitative estimate of drug-likeness (QED) is 0.694. The number of nitrogens with zero attached hydrogens (tertiary/aromatic N) is 1. The Morgan fingerprint density at radius 2 is 2.33 bits per heavy atom. The Morgan fingerprint density at radius 1 is 1.58 bits per heavy atom. The number of rotatable bonds is 3. The van der Waals surface area contributed by atoms with Crippen LogP contribution in [0.2, 0.25) is 0 Å². The van der Waals surface area contributed by atoms with Crippen LogP contribution in [0, 0.1) is 0 Å². The van der Waals surface area contributed by atoms with Gasteiger partial charge in [-0.1, -0.05) is 13.8 Å². The normalized spacial score (nSPS) is 10.7. The first-order valence-corrected chi connectivity index (χ1v) is 4.69. The topological polar surface area (TPSA) is 15.9 Å². The van der Waals surface area contributed by atoms with Crippen molar-refractivity contribution in [3.63, 3.8) is 0 Å². The predicted molar refractivity (Wildman–Crippen MR) is 53.7 cm³/mol. The third-order valence-corrected chi connectivity index (χ3v) is 1.92. The summed E-state index contributed by atoms with van der Waals surface area (Å²) in [6.45, 7) is 5.24. The van der Waals surface area contributed by atoms with Gasteiger partial charge in [-0.05, 0) is 6.07 Å². The van der Waals surface area contributed by atoms with Gasteiger partial charge < -0.3 is 5.32 Å². The number of pyridine rings is 1. The summed E-state index contributed by atoms with van der Waals surface area (Å²) in [6, 6.07) is 4.71. The molecule has 0 bridgehead atoms. The van der Waals surface area contributed by atoms with Gasteiger partial charge in [-0.3, -0.25) is 0 Å². The summed E-state index contributed by atoms with van der Waals surface area (Å²) < 4.78 is 1.98. The monoisotopic (exact) mass is 183 g/mol. The summed E-state index contributed by atoms with van der Waals surface area (Å²) in [4.78, 5) is 0. The van der Waals surface area contributed by atoms with Gasteiger partial charge in [0.2, 0.25) is 0 Å². The second-order valence-corrected chi connectivity index (χ2v) is 3.79. The van der Waals surface area contributed by atoms with Crippen molar-refractivity contribution >= 4 is 9.39 Å². The molecule has 0 aromatic carbocycles. The summed E-state index contributed by atoms with van der Waals surface area (Å²) in [6.07, 6.45) is 4.10. The lowest BCUT2D eigenvalue weighted by molar-refractivity contribution is -0.500. The molecule has 1 aromatic heterocycles. The lowest BCUT2D eigenvalue weighted by atomic mass is 10.2. The SMILES string of the molecule is CC(C)NCc1ccc[n+](P)c1. The Kier molecular flexibility index (Phi) is 3.64. The van der Waals surface area contributed by atoms with E-state index in [0.717, 1.165) is 6.54 Å². The van der Waals surface area contributed by atoms with Crippen molar-refractivity contribution in [3.8, 4) is 0 Å². The highest BCUT2D eigenvalue weighted by Gasteiger charge is 1.98. The first kappa shape index (κ1) is 9.63. The van der Waals surface area contributed by atoms with Gasteiger partial charge in [0.1, 0.15) is 0 Å². The van der Waals surface area contributed by atoms with Crippen molar-refractivity contribution in [1.29, 1.82) is 0 Å². The van der Waals surface area contributed by atoms with Crippen LogP contribution < -0.4 is 9.65 Å². The molecule has 2 nitrogen and oxygen atoms in total. The van der Waals surface area contributed by atoms with Crippen molar-refractivity contribution in [2.24, 2.45) is 0 Å². The molecule has 66 valence electrons. The van der Waals surface area contributed by atoms with Crippen LogP contribution in [0.1, 0.15) is 19.4 Å². The zero-order chi connectivity index (χ0) is 8.97. The zero-order valence-electron chi connectivity index (χ0n) is 7.62. The van der Waals surface area contributed by atoms with Crippen LogP contribution in [0.3, 0.4) is 0 Å². The fourth-order valence-corrected chi connectivity index (χ4v) is 1.26. The van der Waals surface area contributed by atoms with Crippen LogP contribution in [0.4, 0.5) is 0 Å². The van der Waals surface area contributed by atoms with Gasteiger partial charge in [-0.15, -0.1) is 0 Å². The molecule has 0 aliphatic rings. The van der Waals surface area contributed by atoms with E-state index in [1.165, 1.54) is 5.56 Å². The van der Waals surface area contributed by atoms with Crippen molar-refractivity contribution in [1.82, 2.24) is 5.32 Å². The van der Waals surface area contributed by atoms with Crippen molar-refractivity contribution in [2.75, 3.05) is 0 Å². The van der Waals surface area contributed by atoms with E-state index in [4.69, 9.17) is 0 Å². The van der Waals surface area contributed by atoms with Crippen LogP contribution in [-0.2, 0) is 6.54 Å². The maximum atomic E-state index is 3.37. The Bertz CT molecular complexity index is 248. The molecule has 1 aromatic rings. The minimum absolute atomic E-state index is 0.545. The molecule has 1 heterocycles. The van der Waals surface area contributed by atoms with E-state index in [1.807, 2.05) is 16.6 Å². The van der Waals surface area contributed by atoms with E-state index in [0.29, 0.717) is 6.04 Å². The molecule has 0 spiro atoms. The molecule has 1 atom stereocenters. The highest BCUT2D eigenvalue weighted by Crippen LogP contribution is 1.95. The van der Waals surface area contributed by atoms with Crippen LogP contribution >= 0.6 is 9.39 Å². The molecule has 0 fully saturated rings. The lowest BCUT2D eigenvalue weighted by Gasteiger charge is -2.05. The smallest absolute Gasteiger partial charge is 0.173 e. The minimum atomic E-state index is 0.545. The fourth-order valence-electron chi connectivity index (χ4n) is 0.970. The molecule has 0 radical (unpaired) electrons. The molecule has 0 saturated carbocycles. The Labute approximate surface area is 76.3 Å². The van der Waals surface area contributed by atoms with E-state index in [-0.39, 0.29) is 0 Å². The molecule has 1 N–H and O–H groups in total. The van der Waals surface area contributed by atoms with E-state index >= 15 is 0 Å². The summed E-state index contributed by atoms with van der Waals surface area (Å²) in [5, 5.41) is 3.37. The van der Waals surface area contributed by atoms with Crippen LogP contribution in [0.25, 0.3) is 0 Å². The summed E-state index contributed by atoms with van der Waals surface area (Å²) in [5.74, 6) is 0. The molecular formula is C9H16N2P+. The molecule has 0 aliphatic carbocycles. The lowest BCUT2D eigenvalue weighted by Crippen LogP contribution is -2.24. The second kappa shape index (κ2) is 4.54. The van der Waals surface area contributed by atoms with Crippen LogP contribution in [-0.4, -0.2) is 6.04 Å². The van der Waals surface area contributed by atoms with Gasteiger partial charge in [0.25, 0.3) is 0 Å². The second-order valence-electron chi connectivity index (χ2n) is 3.20. The first-order valence-electron chi connectivity index (χ1n) is 4.17. The van der Waals surface area contributed by atoms with E-state index in [1.54, 1.807) is 0 Å². The minimum Gasteiger partial charge on any atom is -0.310 e. The summed E-state index contributed by atoms with van der Waals surface area (Å²) >= 11 is 0. The van der Waals surface area contributed by atoms with E-state index in [2.05, 4.69) is 40.8 Å². The Balaban J connectivity index is 2.52. The molecule has 12 heavy (non-hydrogen) atoms. The highest BCUT2D eigenvalue weighted by atomic mass is 31.0. The van der Waals surface area contributed by atoms with Gasteiger partial charge in [0.15, 0.2) is 21.8 Å². The average molecular weight is 183 g/mol. The number of nitrogens with one attached hydrogen (secondary N) is 1. The van der Waals surface area contributed by atoms with E-state index < -0.39 is 0 Å². The van der Waals surface area contributed by atoms with E-state index in [9.17, 15) is 0 Å². The number of hydrogen-bond donors (Lipinski definition) is 1. The molecule has 1 rings (SSSR count). The third kappa shape index (κ3) is 3.29. The standard InChI is InChI=1S/C9H16N2P/c1-8(2)10-6-9-4-3-5-11(12)7-9/h3-5,7-8,10H,6,12H2,1-2H3/q+1. The van der Waals surface area contributed by atoms with Crippen molar-refractivity contribution in [3.05, 3.63) is 30.1 Å². The molecule has 3 heteroatoms. The summed E-state index contributed by atoms with van der Waals surface area (Å²) in [5.41, 5.74) is 1.31. The van der Waals surface area contributed by atoms with Gasteiger partial charge in [-0.2, -0.15) is 4.34 Å². The highest BCUT2D eigenvalue weighted by molar-refractivity contribution is 7.07. The van der Waals surface area contributed by atoms with Crippen molar-refractivity contribution < 1.29 is 4.34 Å². The van der Waals surface area contributed by atoms with Gasteiger partial charge in [0.05, 0.1) is 0 Å². The molecular weight excluding hydrogens is 167 g/mol. The third-order valence-electron chi connectivity index (χ3n) is 1.60. The fraction of sp³-hybridized carbons (Fsp3) is 0.444. The summed E-state index contributed by atoms with van der Waals surface area (Å²) in [7, 11) is 2.63. The van der Waals surface area contributed by atoms with Crippen molar-refractivity contribution in [2.45, 2.75) is 26.4 Å². The van der Waals surface area contributed by atoms with Crippen LogP contribution in [0.5, 0.6) is 0 Å². The zero-order valence-corrected chi connectivity index (χ0v) is 8.77. The molecule has 0 amide bonds. The van der Waals surface area contributed by atoms with Gasteiger partial charge >= 0.3 is 0 Å². The largest absolute Gasteiger partial charge is 0.310 e. The first-order chi connectivity index (χ1) is 5.68. The van der Waals surface area contributed by atoms with Gasteiger partial charge in [-0.25, -0.2) is 0 Å². The Morgan fingerprint density at radius 3 is 2.92 bits per heavy atom. The maximum absolute atomic E-state index is 3.37. The Hall–Kier alpha value is -0.460.